The SMILES string of the molecule is CN(C)CC1(CNc2nc3cc(F)ccc3o2)CCCC1. The zero-order valence-electron chi connectivity index (χ0n) is 12.7. The number of halogens is 1. The Morgan fingerprint density at radius 2 is 2.10 bits per heavy atom. The predicted octanol–water partition coefficient (Wildman–Crippen LogP) is 3.50. The van der Waals surface area contributed by atoms with Crippen molar-refractivity contribution in [2.75, 3.05) is 32.5 Å². The van der Waals surface area contributed by atoms with Crippen LogP contribution in [-0.4, -0.2) is 37.1 Å². The van der Waals surface area contributed by atoms with Gasteiger partial charge in [-0.1, -0.05) is 12.8 Å². The van der Waals surface area contributed by atoms with Crippen LogP contribution in [0.15, 0.2) is 22.6 Å². The molecule has 21 heavy (non-hydrogen) atoms. The van der Waals surface area contributed by atoms with E-state index in [4.69, 9.17) is 4.42 Å². The van der Waals surface area contributed by atoms with E-state index < -0.39 is 0 Å². The smallest absolute Gasteiger partial charge is 0.295 e. The minimum Gasteiger partial charge on any atom is -0.424 e. The van der Waals surface area contributed by atoms with Crippen LogP contribution in [0.4, 0.5) is 10.4 Å². The zero-order chi connectivity index (χ0) is 14.9. The van der Waals surface area contributed by atoms with Crippen LogP contribution in [0.5, 0.6) is 0 Å². The molecule has 1 saturated carbocycles. The first kappa shape index (κ1) is 14.3. The fraction of sp³-hybridized carbons (Fsp3) is 0.562. The fourth-order valence-electron chi connectivity index (χ4n) is 3.43. The largest absolute Gasteiger partial charge is 0.424 e. The molecule has 0 spiro atoms. The Labute approximate surface area is 124 Å². The highest BCUT2D eigenvalue weighted by Crippen LogP contribution is 2.38. The maximum absolute atomic E-state index is 13.2. The summed E-state index contributed by atoms with van der Waals surface area (Å²) in [6.07, 6.45) is 5.03. The van der Waals surface area contributed by atoms with E-state index in [1.165, 1.54) is 37.8 Å². The van der Waals surface area contributed by atoms with Crippen LogP contribution >= 0.6 is 0 Å². The van der Waals surface area contributed by atoms with E-state index in [0.717, 1.165) is 13.1 Å². The van der Waals surface area contributed by atoms with Gasteiger partial charge in [0.1, 0.15) is 11.3 Å². The van der Waals surface area contributed by atoms with Crippen molar-refractivity contribution < 1.29 is 8.81 Å². The van der Waals surface area contributed by atoms with Crippen molar-refractivity contribution in [1.82, 2.24) is 9.88 Å². The topological polar surface area (TPSA) is 41.3 Å². The van der Waals surface area contributed by atoms with Crippen molar-refractivity contribution in [3.63, 3.8) is 0 Å². The van der Waals surface area contributed by atoms with Crippen LogP contribution < -0.4 is 5.32 Å². The van der Waals surface area contributed by atoms with Gasteiger partial charge in [0, 0.05) is 24.6 Å². The molecule has 0 bridgehead atoms. The molecule has 1 aromatic heterocycles. The van der Waals surface area contributed by atoms with Crippen molar-refractivity contribution in [3.8, 4) is 0 Å². The number of hydrogen-bond donors (Lipinski definition) is 1. The Morgan fingerprint density at radius 1 is 1.33 bits per heavy atom. The number of oxazole rings is 1. The van der Waals surface area contributed by atoms with E-state index in [1.807, 2.05) is 0 Å². The lowest BCUT2D eigenvalue weighted by Gasteiger charge is -2.32. The van der Waals surface area contributed by atoms with Gasteiger partial charge in [0.2, 0.25) is 0 Å². The van der Waals surface area contributed by atoms with Crippen molar-refractivity contribution >= 4 is 17.1 Å². The fourth-order valence-corrected chi connectivity index (χ4v) is 3.43. The van der Waals surface area contributed by atoms with Crippen molar-refractivity contribution in [2.45, 2.75) is 25.7 Å². The number of nitrogens with one attached hydrogen (secondary N) is 1. The van der Waals surface area contributed by atoms with Crippen molar-refractivity contribution in [2.24, 2.45) is 5.41 Å². The van der Waals surface area contributed by atoms with Crippen LogP contribution in [0.25, 0.3) is 11.1 Å². The molecule has 1 N–H and O–H groups in total. The Morgan fingerprint density at radius 3 is 2.81 bits per heavy atom. The van der Waals surface area contributed by atoms with Gasteiger partial charge in [0.15, 0.2) is 5.58 Å². The highest BCUT2D eigenvalue weighted by atomic mass is 19.1. The third-order valence-corrected chi connectivity index (χ3v) is 4.28. The number of nitrogens with zero attached hydrogens (tertiary/aromatic N) is 2. The zero-order valence-corrected chi connectivity index (χ0v) is 12.7. The monoisotopic (exact) mass is 291 g/mol. The number of anilines is 1. The van der Waals surface area contributed by atoms with E-state index in [9.17, 15) is 4.39 Å². The summed E-state index contributed by atoms with van der Waals surface area (Å²) >= 11 is 0. The average Bonchev–Trinajstić information content (AvgIpc) is 3.02. The lowest BCUT2D eigenvalue weighted by molar-refractivity contribution is 0.214. The van der Waals surface area contributed by atoms with Gasteiger partial charge in [-0.2, -0.15) is 4.98 Å². The second-order valence-corrected chi connectivity index (χ2v) is 6.43. The molecular formula is C16H22FN3O. The summed E-state index contributed by atoms with van der Waals surface area (Å²) in [6, 6.07) is 4.89. The average molecular weight is 291 g/mol. The minimum atomic E-state index is -0.290. The molecule has 0 atom stereocenters. The first-order chi connectivity index (χ1) is 10.1. The van der Waals surface area contributed by atoms with E-state index >= 15 is 0 Å². The van der Waals surface area contributed by atoms with Gasteiger partial charge in [0.05, 0.1) is 0 Å². The molecule has 0 amide bonds. The van der Waals surface area contributed by atoms with E-state index in [2.05, 4.69) is 29.3 Å². The van der Waals surface area contributed by atoms with Crippen LogP contribution in [0, 0.1) is 11.2 Å². The first-order valence-corrected chi connectivity index (χ1v) is 7.51. The molecule has 1 aromatic carbocycles. The van der Waals surface area contributed by atoms with Crippen LogP contribution in [0.1, 0.15) is 25.7 Å². The summed E-state index contributed by atoms with van der Waals surface area (Å²) in [6.45, 7) is 1.91. The van der Waals surface area contributed by atoms with Crippen LogP contribution in [0.2, 0.25) is 0 Å². The standard InChI is InChI=1S/C16H22FN3O/c1-20(2)11-16(7-3-4-8-16)10-18-15-19-13-9-12(17)5-6-14(13)21-15/h5-6,9H,3-4,7-8,10-11H2,1-2H3,(H,18,19). The van der Waals surface area contributed by atoms with Gasteiger partial charge in [0.25, 0.3) is 6.01 Å². The summed E-state index contributed by atoms with van der Waals surface area (Å²) in [5.74, 6) is -0.290. The molecule has 114 valence electrons. The van der Waals surface area contributed by atoms with Crippen molar-refractivity contribution in [3.05, 3.63) is 24.0 Å². The maximum atomic E-state index is 13.2. The van der Waals surface area contributed by atoms with E-state index in [-0.39, 0.29) is 11.2 Å². The Bertz CT molecular complexity index is 617. The Hall–Kier alpha value is -1.62. The molecule has 1 fully saturated rings. The second-order valence-electron chi connectivity index (χ2n) is 6.43. The lowest BCUT2D eigenvalue weighted by atomic mass is 9.85. The summed E-state index contributed by atoms with van der Waals surface area (Å²) in [5.41, 5.74) is 1.47. The van der Waals surface area contributed by atoms with Gasteiger partial charge < -0.3 is 14.6 Å². The molecule has 0 unspecified atom stereocenters. The molecule has 3 rings (SSSR count). The summed E-state index contributed by atoms with van der Waals surface area (Å²) in [7, 11) is 4.23. The normalized spacial score (nSPS) is 17.7. The maximum Gasteiger partial charge on any atom is 0.295 e. The number of benzene rings is 1. The summed E-state index contributed by atoms with van der Waals surface area (Å²) < 4.78 is 18.8. The molecule has 2 aromatic rings. The van der Waals surface area contributed by atoms with E-state index in [0.29, 0.717) is 17.1 Å². The Kier molecular flexibility index (Phi) is 3.85. The molecule has 0 saturated heterocycles. The van der Waals surface area contributed by atoms with Gasteiger partial charge >= 0.3 is 0 Å². The molecular weight excluding hydrogens is 269 g/mol. The minimum absolute atomic E-state index is 0.287. The highest BCUT2D eigenvalue weighted by molar-refractivity contribution is 5.74. The van der Waals surface area contributed by atoms with Crippen LogP contribution in [0.3, 0.4) is 0 Å². The molecule has 0 aliphatic heterocycles. The molecule has 1 heterocycles. The molecule has 4 nitrogen and oxygen atoms in total. The third kappa shape index (κ3) is 3.18. The van der Waals surface area contributed by atoms with Gasteiger partial charge in [-0.15, -0.1) is 0 Å². The first-order valence-electron chi connectivity index (χ1n) is 7.51. The highest BCUT2D eigenvalue weighted by Gasteiger charge is 2.34. The van der Waals surface area contributed by atoms with Gasteiger partial charge in [-0.25, -0.2) is 4.39 Å². The number of rotatable bonds is 5. The number of hydrogen-bond acceptors (Lipinski definition) is 4. The summed E-state index contributed by atoms with van der Waals surface area (Å²) in [4.78, 5) is 6.56. The second kappa shape index (κ2) is 5.64. The quantitative estimate of drug-likeness (QED) is 0.915. The van der Waals surface area contributed by atoms with Gasteiger partial charge in [-0.05, 0) is 39.1 Å². The number of aromatic nitrogens is 1. The molecule has 1 aliphatic carbocycles. The molecule has 5 heteroatoms. The molecule has 0 radical (unpaired) electrons. The lowest BCUT2D eigenvalue weighted by Crippen LogP contribution is -2.37. The van der Waals surface area contributed by atoms with Crippen molar-refractivity contribution in [1.29, 1.82) is 0 Å². The van der Waals surface area contributed by atoms with Gasteiger partial charge in [-0.3, -0.25) is 0 Å². The number of fused-ring (bicyclic) bond motifs is 1. The Balaban J connectivity index is 1.72. The predicted molar refractivity (Wildman–Crippen MR) is 81.9 cm³/mol. The van der Waals surface area contributed by atoms with E-state index in [1.54, 1.807) is 6.07 Å². The summed E-state index contributed by atoms with van der Waals surface area (Å²) in [5, 5.41) is 3.31. The third-order valence-electron chi connectivity index (χ3n) is 4.28. The van der Waals surface area contributed by atoms with Crippen LogP contribution in [-0.2, 0) is 0 Å². The molecule has 1 aliphatic rings.